The van der Waals surface area contributed by atoms with Crippen molar-refractivity contribution in [3.05, 3.63) is 47.3 Å². The van der Waals surface area contributed by atoms with Gasteiger partial charge in [-0.2, -0.15) is 0 Å². The zero-order valence-electron chi connectivity index (χ0n) is 15.4. The van der Waals surface area contributed by atoms with Crippen molar-refractivity contribution < 1.29 is 32.9 Å². The van der Waals surface area contributed by atoms with Crippen molar-refractivity contribution >= 4 is 17.6 Å². The molecular weight excluding hydrogens is 357 g/mol. The summed E-state index contributed by atoms with van der Waals surface area (Å²) >= 11 is 0. The molecule has 0 bridgehead atoms. The molecule has 0 radical (unpaired) electrons. The fourth-order valence-electron chi connectivity index (χ4n) is 2.28. The SMILES string of the molecule is COc1cc(NC(=O)COC(=O)c2ccc(C)c(F)c2)cc(OC)c1OC. The second kappa shape index (κ2) is 8.88. The minimum absolute atomic E-state index is 0.0266. The van der Waals surface area contributed by atoms with Crippen LogP contribution in [0.1, 0.15) is 15.9 Å². The summed E-state index contributed by atoms with van der Waals surface area (Å²) in [6, 6.07) is 7.03. The third-order valence-electron chi connectivity index (χ3n) is 3.69. The number of carbonyl (C=O) groups is 2. The van der Waals surface area contributed by atoms with Crippen molar-refractivity contribution in [1.29, 1.82) is 0 Å². The van der Waals surface area contributed by atoms with Crippen molar-refractivity contribution in [3.63, 3.8) is 0 Å². The van der Waals surface area contributed by atoms with Gasteiger partial charge in [-0.05, 0) is 24.6 Å². The Labute approximate surface area is 156 Å². The summed E-state index contributed by atoms with van der Waals surface area (Å²) in [5, 5.41) is 2.56. The number of rotatable bonds is 7. The van der Waals surface area contributed by atoms with E-state index in [0.717, 1.165) is 6.07 Å². The Balaban J connectivity index is 2.03. The fourth-order valence-corrected chi connectivity index (χ4v) is 2.28. The minimum atomic E-state index is -0.797. The van der Waals surface area contributed by atoms with Crippen LogP contribution in [0.15, 0.2) is 30.3 Å². The van der Waals surface area contributed by atoms with Crippen LogP contribution < -0.4 is 19.5 Å². The van der Waals surface area contributed by atoms with Gasteiger partial charge in [-0.15, -0.1) is 0 Å². The van der Waals surface area contributed by atoms with Crippen LogP contribution in [0.5, 0.6) is 17.2 Å². The number of carbonyl (C=O) groups excluding carboxylic acids is 2. The summed E-state index contributed by atoms with van der Waals surface area (Å²) in [6.07, 6.45) is 0. The van der Waals surface area contributed by atoms with Gasteiger partial charge in [-0.25, -0.2) is 9.18 Å². The van der Waals surface area contributed by atoms with E-state index in [1.807, 2.05) is 0 Å². The zero-order valence-corrected chi connectivity index (χ0v) is 15.4. The van der Waals surface area contributed by atoms with Crippen LogP contribution in [-0.2, 0) is 9.53 Å². The van der Waals surface area contributed by atoms with E-state index in [2.05, 4.69) is 5.32 Å². The molecule has 1 N–H and O–H groups in total. The Hall–Kier alpha value is -3.29. The molecule has 0 aliphatic carbocycles. The molecule has 27 heavy (non-hydrogen) atoms. The summed E-state index contributed by atoms with van der Waals surface area (Å²) in [4.78, 5) is 24.0. The van der Waals surface area contributed by atoms with Crippen LogP contribution in [0.2, 0.25) is 0 Å². The topological polar surface area (TPSA) is 83.1 Å². The van der Waals surface area contributed by atoms with Gasteiger partial charge in [0.2, 0.25) is 5.75 Å². The summed E-state index contributed by atoms with van der Waals surface area (Å²) in [5.41, 5.74) is 0.803. The maximum Gasteiger partial charge on any atom is 0.338 e. The number of halogens is 1. The Kier molecular flexibility index (Phi) is 6.59. The van der Waals surface area contributed by atoms with E-state index in [1.54, 1.807) is 6.92 Å². The maximum atomic E-state index is 13.5. The summed E-state index contributed by atoms with van der Waals surface area (Å²) in [7, 11) is 4.36. The monoisotopic (exact) mass is 377 g/mol. The fraction of sp³-hybridized carbons (Fsp3) is 0.263. The van der Waals surface area contributed by atoms with Gasteiger partial charge in [0.25, 0.3) is 5.91 Å². The highest BCUT2D eigenvalue weighted by Crippen LogP contribution is 2.39. The maximum absolute atomic E-state index is 13.5. The number of esters is 1. The highest BCUT2D eigenvalue weighted by Gasteiger charge is 2.16. The Bertz CT molecular complexity index is 827. The van der Waals surface area contributed by atoms with Gasteiger partial charge in [0.15, 0.2) is 18.1 Å². The van der Waals surface area contributed by atoms with E-state index in [1.165, 1.54) is 45.6 Å². The minimum Gasteiger partial charge on any atom is -0.493 e. The molecule has 0 unspecified atom stereocenters. The zero-order chi connectivity index (χ0) is 20.0. The van der Waals surface area contributed by atoms with Crippen molar-refractivity contribution in [3.8, 4) is 17.2 Å². The first-order valence-corrected chi connectivity index (χ1v) is 7.92. The molecule has 144 valence electrons. The Morgan fingerprint density at radius 2 is 1.63 bits per heavy atom. The van der Waals surface area contributed by atoms with E-state index in [0.29, 0.717) is 28.5 Å². The van der Waals surface area contributed by atoms with Crippen LogP contribution in [0.25, 0.3) is 0 Å². The van der Waals surface area contributed by atoms with Crippen molar-refractivity contribution in [2.45, 2.75) is 6.92 Å². The number of nitrogens with one attached hydrogen (secondary N) is 1. The van der Waals surface area contributed by atoms with E-state index in [9.17, 15) is 14.0 Å². The molecule has 0 fully saturated rings. The molecular formula is C19H20FNO6. The summed E-state index contributed by atoms with van der Waals surface area (Å²) in [6.45, 7) is 1.04. The number of anilines is 1. The van der Waals surface area contributed by atoms with Crippen LogP contribution in [0, 0.1) is 12.7 Å². The van der Waals surface area contributed by atoms with Gasteiger partial charge in [0, 0.05) is 17.8 Å². The van der Waals surface area contributed by atoms with Crippen LogP contribution in [0.4, 0.5) is 10.1 Å². The number of amides is 1. The lowest BCUT2D eigenvalue weighted by Gasteiger charge is -2.14. The number of methoxy groups -OCH3 is 3. The number of aryl methyl sites for hydroxylation is 1. The third-order valence-corrected chi connectivity index (χ3v) is 3.69. The molecule has 0 saturated heterocycles. The second-order valence-electron chi connectivity index (χ2n) is 5.50. The molecule has 2 rings (SSSR count). The predicted octanol–water partition coefficient (Wildman–Crippen LogP) is 2.96. The lowest BCUT2D eigenvalue weighted by Crippen LogP contribution is -2.21. The average Bonchev–Trinajstić information content (AvgIpc) is 2.67. The lowest BCUT2D eigenvalue weighted by atomic mass is 10.1. The number of hydrogen-bond donors (Lipinski definition) is 1. The van der Waals surface area contributed by atoms with Crippen molar-refractivity contribution in [1.82, 2.24) is 0 Å². The number of ether oxygens (including phenoxy) is 4. The van der Waals surface area contributed by atoms with Gasteiger partial charge in [0.1, 0.15) is 5.82 Å². The first-order chi connectivity index (χ1) is 12.9. The largest absolute Gasteiger partial charge is 0.493 e. The van der Waals surface area contributed by atoms with E-state index < -0.39 is 24.3 Å². The first kappa shape index (κ1) is 20.0. The van der Waals surface area contributed by atoms with Crippen molar-refractivity contribution in [2.75, 3.05) is 33.3 Å². The molecule has 0 heterocycles. The molecule has 2 aromatic rings. The molecule has 0 spiro atoms. The molecule has 0 saturated carbocycles. The van der Waals surface area contributed by atoms with E-state index in [-0.39, 0.29) is 5.56 Å². The molecule has 8 heteroatoms. The highest BCUT2D eigenvalue weighted by molar-refractivity contribution is 5.96. The smallest absolute Gasteiger partial charge is 0.338 e. The van der Waals surface area contributed by atoms with Crippen LogP contribution in [0.3, 0.4) is 0 Å². The Morgan fingerprint density at radius 1 is 1.00 bits per heavy atom. The standard InChI is InChI=1S/C19H20FNO6/c1-11-5-6-12(7-14(11)20)19(23)27-10-17(22)21-13-8-15(24-2)18(26-4)16(9-13)25-3/h5-9H,10H2,1-4H3,(H,21,22). The molecule has 0 aliphatic heterocycles. The lowest BCUT2D eigenvalue weighted by molar-refractivity contribution is -0.119. The van der Waals surface area contributed by atoms with Crippen LogP contribution in [-0.4, -0.2) is 39.8 Å². The van der Waals surface area contributed by atoms with E-state index >= 15 is 0 Å². The van der Waals surface area contributed by atoms with Gasteiger partial charge in [-0.1, -0.05) is 6.07 Å². The van der Waals surface area contributed by atoms with Crippen molar-refractivity contribution in [2.24, 2.45) is 0 Å². The van der Waals surface area contributed by atoms with E-state index in [4.69, 9.17) is 18.9 Å². The highest BCUT2D eigenvalue weighted by atomic mass is 19.1. The van der Waals surface area contributed by atoms with Gasteiger partial charge in [0.05, 0.1) is 26.9 Å². The number of hydrogen-bond acceptors (Lipinski definition) is 6. The second-order valence-corrected chi connectivity index (χ2v) is 5.50. The normalized spacial score (nSPS) is 10.1. The molecule has 0 aromatic heterocycles. The summed E-state index contributed by atoms with van der Waals surface area (Å²) in [5.74, 6) is -0.796. The quantitative estimate of drug-likeness (QED) is 0.747. The molecule has 0 atom stereocenters. The third kappa shape index (κ3) is 4.87. The summed E-state index contributed by atoms with van der Waals surface area (Å²) < 4.78 is 34.0. The molecule has 7 nitrogen and oxygen atoms in total. The number of benzene rings is 2. The first-order valence-electron chi connectivity index (χ1n) is 7.92. The van der Waals surface area contributed by atoms with Gasteiger partial charge < -0.3 is 24.3 Å². The average molecular weight is 377 g/mol. The molecule has 2 aromatic carbocycles. The Morgan fingerprint density at radius 3 is 2.15 bits per heavy atom. The predicted molar refractivity (Wildman–Crippen MR) is 96.1 cm³/mol. The molecule has 0 aliphatic rings. The van der Waals surface area contributed by atoms with Gasteiger partial charge >= 0.3 is 5.97 Å². The molecule has 1 amide bonds. The van der Waals surface area contributed by atoms with Crippen LogP contribution >= 0.6 is 0 Å². The van der Waals surface area contributed by atoms with Gasteiger partial charge in [-0.3, -0.25) is 4.79 Å².